The first-order chi connectivity index (χ1) is 2.91. The quantitative estimate of drug-likeness (QED) is 0.303. The van der Waals surface area contributed by atoms with E-state index in [1.165, 1.54) is 0 Å². The molecule has 0 spiro atoms. The molecule has 0 aliphatic rings. The Bertz CT molecular complexity index is 26.0. The molecule has 0 aromatic heterocycles. The van der Waals surface area contributed by atoms with Crippen molar-refractivity contribution < 1.29 is 61.2 Å². The Morgan fingerprint density at radius 1 is 1.50 bits per heavy atom. The minimum atomic E-state index is -0.117. The summed E-state index contributed by atoms with van der Waals surface area (Å²) in [6.45, 7) is 2.77. The fourth-order valence-electron chi connectivity index (χ4n) is 0.203. The fourth-order valence-corrected chi connectivity index (χ4v) is 0.203. The van der Waals surface area contributed by atoms with Crippen molar-refractivity contribution in [3.63, 3.8) is 0 Å². The first-order valence-electron chi connectivity index (χ1n) is 2.07. The van der Waals surface area contributed by atoms with E-state index >= 15 is 0 Å². The normalized spacial score (nSPS) is 6.75. The summed E-state index contributed by atoms with van der Waals surface area (Å²) in [6.07, 6.45) is 0. The van der Waals surface area contributed by atoms with Crippen LogP contribution in [0.5, 0.6) is 0 Å². The van der Waals surface area contributed by atoms with E-state index in [1.807, 2.05) is 6.92 Å². The van der Waals surface area contributed by atoms with Gasteiger partial charge in [0, 0.05) is 13.2 Å². The third-order valence-corrected chi connectivity index (χ3v) is 0.432. The second-order valence-electron chi connectivity index (χ2n) is 0.901. The second-order valence-corrected chi connectivity index (χ2v) is 0.901. The van der Waals surface area contributed by atoms with Gasteiger partial charge in [-0.15, -0.1) is 6.61 Å². The summed E-state index contributed by atoms with van der Waals surface area (Å²) in [5.74, 6) is 0. The van der Waals surface area contributed by atoms with Gasteiger partial charge in [0.25, 0.3) is 0 Å². The second kappa shape index (κ2) is 16.3. The van der Waals surface area contributed by atoms with Crippen LogP contribution < -0.4 is 56.5 Å². The number of hydrogen-bond acceptors (Lipinski definition) is 2. The van der Waals surface area contributed by atoms with Gasteiger partial charge in [0.1, 0.15) is 0 Å². The molecule has 0 aromatic rings. The average molecular weight is 152 g/mol. The van der Waals surface area contributed by atoms with Crippen LogP contribution >= 0.6 is 0 Å². The van der Waals surface area contributed by atoms with E-state index in [0.717, 1.165) is 0 Å². The van der Waals surface area contributed by atoms with Gasteiger partial charge in [-0.2, -0.15) is 0 Å². The zero-order chi connectivity index (χ0) is 4.83. The van der Waals surface area contributed by atoms with Crippen molar-refractivity contribution in [3.8, 4) is 0 Å². The van der Waals surface area contributed by atoms with E-state index in [0.29, 0.717) is 13.2 Å². The maximum absolute atomic E-state index is 9.56. The summed E-state index contributed by atoms with van der Waals surface area (Å²) in [6, 6.07) is 0. The Kier molecular flexibility index (Phi) is 34.4. The Morgan fingerprint density at radius 3 is 2.12 bits per heavy atom. The van der Waals surface area contributed by atoms with Crippen LogP contribution in [0.3, 0.4) is 0 Å². The molecule has 0 radical (unpaired) electrons. The van der Waals surface area contributed by atoms with Gasteiger partial charge in [-0.3, -0.25) is 0 Å². The van der Waals surface area contributed by atoms with Crippen molar-refractivity contribution >= 4 is 29.6 Å². The van der Waals surface area contributed by atoms with Crippen LogP contribution in [0.25, 0.3) is 0 Å². The molecule has 40 valence electrons. The monoisotopic (exact) mass is 152 g/mol. The molecule has 0 saturated heterocycles. The Hall–Kier alpha value is 2.56. The average Bonchev–Trinajstić information content (AvgIpc) is 1.61. The van der Waals surface area contributed by atoms with Crippen LogP contribution in [0, 0.1) is 0 Å². The molecule has 0 rings (SSSR count). The van der Waals surface area contributed by atoms with Gasteiger partial charge in [-0.25, -0.2) is 0 Å². The standard InChI is InChI=1S/C4H9O2.K.Na.H/c1-2-6-4-3-5;;;/h2-4H2,1H3;;;/q-1;+1;;. The van der Waals surface area contributed by atoms with Crippen molar-refractivity contribution in [2.45, 2.75) is 6.92 Å². The molecule has 0 bridgehead atoms. The van der Waals surface area contributed by atoms with Crippen molar-refractivity contribution in [2.24, 2.45) is 0 Å². The summed E-state index contributed by atoms with van der Waals surface area (Å²) in [4.78, 5) is 0. The van der Waals surface area contributed by atoms with Gasteiger partial charge in [-0.05, 0) is 6.92 Å². The third-order valence-electron chi connectivity index (χ3n) is 0.432. The van der Waals surface area contributed by atoms with Crippen LogP contribution in [-0.2, 0) is 4.74 Å². The van der Waals surface area contributed by atoms with Crippen LogP contribution in [0.2, 0.25) is 0 Å². The Morgan fingerprint density at radius 2 is 2.00 bits per heavy atom. The zero-order valence-corrected chi connectivity index (χ0v) is 8.06. The van der Waals surface area contributed by atoms with Gasteiger partial charge in [0.2, 0.25) is 0 Å². The van der Waals surface area contributed by atoms with E-state index in [2.05, 4.69) is 4.74 Å². The predicted molar refractivity (Wildman–Crippen MR) is 28.5 cm³/mol. The summed E-state index contributed by atoms with van der Waals surface area (Å²) >= 11 is 0. The fraction of sp³-hybridized carbons (Fsp3) is 1.00. The molecule has 0 aliphatic heterocycles. The summed E-state index contributed by atoms with van der Waals surface area (Å²) in [5.41, 5.74) is 0. The molecule has 0 amide bonds. The molecular weight excluding hydrogens is 142 g/mol. The van der Waals surface area contributed by atoms with Crippen LogP contribution in [0.15, 0.2) is 0 Å². The van der Waals surface area contributed by atoms with Crippen molar-refractivity contribution in [2.75, 3.05) is 19.8 Å². The van der Waals surface area contributed by atoms with Crippen LogP contribution in [0.4, 0.5) is 0 Å². The first-order valence-corrected chi connectivity index (χ1v) is 2.07. The first kappa shape index (κ1) is 16.9. The molecule has 0 aromatic carbocycles. The molecule has 0 aliphatic carbocycles. The third kappa shape index (κ3) is 15.8. The molecule has 0 fully saturated rings. The molecule has 2 nitrogen and oxygen atoms in total. The molecule has 0 unspecified atom stereocenters. The van der Waals surface area contributed by atoms with Gasteiger partial charge in [0.15, 0.2) is 0 Å². The van der Waals surface area contributed by atoms with E-state index < -0.39 is 0 Å². The van der Waals surface area contributed by atoms with E-state index in [-0.39, 0.29) is 87.5 Å². The molecule has 4 heteroatoms. The number of ether oxygens (including phenoxy) is 1. The molecule has 0 saturated carbocycles. The van der Waals surface area contributed by atoms with Gasteiger partial charge in [-0.1, -0.05) is 0 Å². The van der Waals surface area contributed by atoms with Crippen LogP contribution in [0.1, 0.15) is 6.92 Å². The van der Waals surface area contributed by atoms with E-state index in [1.54, 1.807) is 0 Å². The maximum atomic E-state index is 9.56. The van der Waals surface area contributed by atoms with E-state index in [4.69, 9.17) is 0 Å². The summed E-state index contributed by atoms with van der Waals surface area (Å²) in [5, 5.41) is 9.56. The minimum absolute atomic E-state index is 0. The van der Waals surface area contributed by atoms with Crippen molar-refractivity contribution in [1.29, 1.82) is 0 Å². The van der Waals surface area contributed by atoms with Gasteiger partial charge in [0.05, 0.1) is 0 Å². The Labute approximate surface area is 115 Å². The molecule has 0 atom stereocenters. The topological polar surface area (TPSA) is 32.3 Å². The van der Waals surface area contributed by atoms with E-state index in [9.17, 15) is 5.11 Å². The van der Waals surface area contributed by atoms with Crippen molar-refractivity contribution in [1.82, 2.24) is 0 Å². The predicted octanol–water partition coefficient (Wildman–Crippen LogP) is -4.26. The van der Waals surface area contributed by atoms with Gasteiger partial charge >= 0.3 is 80.9 Å². The van der Waals surface area contributed by atoms with Gasteiger partial charge < -0.3 is 9.84 Å². The van der Waals surface area contributed by atoms with Crippen molar-refractivity contribution in [3.05, 3.63) is 0 Å². The molecule has 8 heavy (non-hydrogen) atoms. The number of hydrogen-bond donors (Lipinski definition) is 0. The van der Waals surface area contributed by atoms with Crippen LogP contribution in [-0.4, -0.2) is 49.4 Å². The zero-order valence-electron chi connectivity index (χ0n) is 4.94. The molecule has 0 N–H and O–H groups in total. The molecular formula is C4H10KNaO2. The SMILES string of the molecule is CCOCC[O-].[K+].[NaH]. The summed E-state index contributed by atoms with van der Waals surface area (Å²) in [7, 11) is 0. The summed E-state index contributed by atoms with van der Waals surface area (Å²) < 4.78 is 4.67. The number of rotatable bonds is 3. The Balaban J connectivity index is -0.000000125. The molecule has 0 heterocycles.